The number of rotatable bonds is 9. The largest absolute Gasteiger partial charge is 0.468 e. The molecule has 1 aromatic rings. The van der Waals surface area contributed by atoms with Crippen molar-refractivity contribution in [3.8, 4) is 0 Å². The third-order valence-corrected chi connectivity index (χ3v) is 6.74. The normalized spacial score (nSPS) is 15.3. The summed E-state index contributed by atoms with van der Waals surface area (Å²) in [6.07, 6.45) is 4.31. The topological polar surface area (TPSA) is 46.6 Å². The Morgan fingerprint density at radius 2 is 1.86 bits per heavy atom. The molecule has 124 valence electrons. The molecule has 4 nitrogen and oxygen atoms in total. The van der Waals surface area contributed by atoms with Gasteiger partial charge in [-0.05, 0) is 13.3 Å². The van der Waals surface area contributed by atoms with Crippen molar-refractivity contribution < 1.29 is 14.1 Å². The monoisotopic (exact) mass is 325 g/mol. The van der Waals surface area contributed by atoms with Gasteiger partial charge in [0.15, 0.2) is 7.29 Å². The van der Waals surface area contributed by atoms with Crippen LogP contribution in [0.25, 0.3) is 0 Å². The predicted octanol–water partition coefficient (Wildman–Crippen LogP) is 3.66. The van der Waals surface area contributed by atoms with Gasteiger partial charge in [0.05, 0.1) is 7.11 Å². The fourth-order valence-electron chi connectivity index (χ4n) is 2.56. The molecule has 0 aliphatic heterocycles. The predicted molar refractivity (Wildman–Crippen MR) is 91.9 cm³/mol. The van der Waals surface area contributed by atoms with Crippen molar-refractivity contribution in [3.63, 3.8) is 0 Å². The van der Waals surface area contributed by atoms with Crippen LogP contribution in [0.1, 0.15) is 39.5 Å². The lowest BCUT2D eigenvalue weighted by Gasteiger charge is -2.33. The van der Waals surface area contributed by atoms with E-state index in [4.69, 9.17) is 4.74 Å². The van der Waals surface area contributed by atoms with Crippen molar-refractivity contribution in [2.75, 3.05) is 20.3 Å². The van der Waals surface area contributed by atoms with E-state index >= 15 is 0 Å². The maximum atomic E-state index is 13.4. The summed E-state index contributed by atoms with van der Waals surface area (Å²) in [7, 11) is -1.42. The first-order valence-electron chi connectivity index (χ1n) is 7.93. The Balaban J connectivity index is 2.97. The molecule has 0 bridgehead atoms. The number of hydrogen-bond donors (Lipinski definition) is 0. The zero-order valence-corrected chi connectivity index (χ0v) is 15.0. The highest BCUT2D eigenvalue weighted by Gasteiger charge is 2.34. The van der Waals surface area contributed by atoms with Crippen molar-refractivity contribution in [3.05, 3.63) is 30.3 Å². The van der Waals surface area contributed by atoms with Gasteiger partial charge in [-0.1, -0.05) is 56.5 Å². The number of hydrogen-bond acceptors (Lipinski definition) is 3. The maximum Gasteiger partial charge on any atom is 0.323 e. The Morgan fingerprint density at radius 1 is 1.23 bits per heavy atom. The van der Waals surface area contributed by atoms with Crippen LogP contribution in [-0.2, 0) is 14.1 Å². The molecular weight excluding hydrogens is 297 g/mol. The number of unbranched alkanes of at least 4 members (excludes halogenated alkanes) is 3. The number of nitrogens with zero attached hydrogens (tertiary/aromatic N) is 1. The summed E-state index contributed by atoms with van der Waals surface area (Å²) in [6.45, 7) is 6.30. The van der Waals surface area contributed by atoms with E-state index < -0.39 is 13.3 Å². The Bertz CT molecular complexity index is 504. The van der Waals surface area contributed by atoms with Crippen molar-refractivity contribution >= 4 is 18.6 Å². The Labute approximate surface area is 134 Å². The SMILES string of the molecule is CCCCCCN([C@H](C)C(=O)OC)[P@@](C)(=O)c1ccccc1. The molecule has 0 aliphatic rings. The Morgan fingerprint density at radius 3 is 2.41 bits per heavy atom. The van der Waals surface area contributed by atoms with Crippen LogP contribution in [0.5, 0.6) is 0 Å². The van der Waals surface area contributed by atoms with E-state index in [0.717, 1.165) is 31.0 Å². The second kappa shape index (κ2) is 9.12. The van der Waals surface area contributed by atoms with Crippen molar-refractivity contribution in [1.82, 2.24) is 4.67 Å². The van der Waals surface area contributed by atoms with Gasteiger partial charge < -0.3 is 9.30 Å². The fourth-order valence-corrected chi connectivity index (χ4v) is 4.86. The van der Waals surface area contributed by atoms with E-state index in [1.807, 2.05) is 35.0 Å². The summed E-state index contributed by atoms with van der Waals surface area (Å²) in [4.78, 5) is 11.9. The quantitative estimate of drug-likeness (QED) is 0.395. The minimum Gasteiger partial charge on any atom is -0.468 e. The standard InChI is InChI=1S/C17H28NO3P/c1-5-6-7-11-14-18(15(2)17(19)21-3)22(4,20)16-12-9-8-10-13-16/h8-10,12-13,15H,5-7,11,14H2,1-4H3/t15-,22+/m1/s1. The van der Waals surface area contributed by atoms with Crippen LogP contribution >= 0.6 is 7.29 Å². The van der Waals surface area contributed by atoms with E-state index in [-0.39, 0.29) is 5.97 Å². The molecule has 0 saturated carbocycles. The Kier molecular flexibility index (Phi) is 7.84. The van der Waals surface area contributed by atoms with Crippen LogP contribution in [0.4, 0.5) is 0 Å². The van der Waals surface area contributed by atoms with Gasteiger partial charge in [-0.15, -0.1) is 0 Å². The van der Waals surface area contributed by atoms with Gasteiger partial charge in [0, 0.05) is 18.5 Å². The number of methoxy groups -OCH3 is 1. The molecule has 2 atom stereocenters. The summed E-state index contributed by atoms with van der Waals surface area (Å²) < 4.78 is 20.0. The van der Waals surface area contributed by atoms with E-state index in [1.54, 1.807) is 13.6 Å². The van der Waals surface area contributed by atoms with E-state index in [2.05, 4.69) is 6.92 Å². The lowest BCUT2D eigenvalue weighted by molar-refractivity contribution is -0.144. The van der Waals surface area contributed by atoms with Gasteiger partial charge in [-0.3, -0.25) is 4.79 Å². The van der Waals surface area contributed by atoms with Gasteiger partial charge >= 0.3 is 5.97 Å². The minimum absolute atomic E-state index is 0.339. The van der Waals surface area contributed by atoms with Gasteiger partial charge in [0.25, 0.3) is 0 Å². The highest BCUT2D eigenvalue weighted by Crippen LogP contribution is 2.46. The molecule has 0 aromatic heterocycles. The second-order valence-electron chi connectivity index (χ2n) is 5.64. The lowest BCUT2D eigenvalue weighted by Crippen LogP contribution is -2.40. The molecule has 1 aromatic carbocycles. The van der Waals surface area contributed by atoms with Crippen molar-refractivity contribution in [2.45, 2.75) is 45.6 Å². The Hall–Kier alpha value is -1.12. The number of esters is 1. The molecule has 0 radical (unpaired) electrons. The maximum absolute atomic E-state index is 13.4. The van der Waals surface area contributed by atoms with Crippen LogP contribution < -0.4 is 5.30 Å². The molecule has 0 amide bonds. The fraction of sp³-hybridized carbons (Fsp3) is 0.588. The lowest BCUT2D eigenvalue weighted by atomic mass is 10.2. The molecule has 0 unspecified atom stereocenters. The first-order valence-corrected chi connectivity index (χ1v) is 10.0. The molecule has 22 heavy (non-hydrogen) atoms. The van der Waals surface area contributed by atoms with Crippen LogP contribution in [0.15, 0.2) is 30.3 Å². The van der Waals surface area contributed by atoms with Crippen LogP contribution in [0, 0.1) is 0 Å². The average molecular weight is 325 g/mol. The molecule has 1 rings (SSSR count). The summed E-state index contributed by atoms with van der Waals surface area (Å²) in [5, 5.41) is 0.779. The number of carbonyl (C=O) groups is 1. The van der Waals surface area contributed by atoms with E-state index in [1.165, 1.54) is 7.11 Å². The zero-order chi connectivity index (χ0) is 16.6. The van der Waals surface area contributed by atoms with Gasteiger partial charge in [-0.25, -0.2) is 4.67 Å². The van der Waals surface area contributed by atoms with Crippen LogP contribution in [-0.4, -0.2) is 37.0 Å². The minimum atomic E-state index is -2.79. The molecular formula is C17H28NO3P. The highest BCUT2D eigenvalue weighted by molar-refractivity contribution is 7.68. The zero-order valence-electron chi connectivity index (χ0n) is 14.1. The molecule has 0 N–H and O–H groups in total. The van der Waals surface area contributed by atoms with E-state index in [0.29, 0.717) is 6.54 Å². The highest BCUT2D eigenvalue weighted by atomic mass is 31.2. The first-order chi connectivity index (χ1) is 10.4. The molecule has 0 heterocycles. The van der Waals surface area contributed by atoms with E-state index in [9.17, 15) is 9.36 Å². The molecule has 0 fully saturated rings. The molecule has 5 heteroatoms. The van der Waals surface area contributed by atoms with Gasteiger partial charge in [-0.2, -0.15) is 0 Å². The summed E-state index contributed by atoms with van der Waals surface area (Å²) in [5.41, 5.74) is 0. The molecule has 0 saturated heterocycles. The summed E-state index contributed by atoms with van der Waals surface area (Å²) in [6, 6.07) is 8.88. The van der Waals surface area contributed by atoms with Crippen LogP contribution in [0.2, 0.25) is 0 Å². The van der Waals surface area contributed by atoms with Gasteiger partial charge in [0.2, 0.25) is 0 Å². The van der Waals surface area contributed by atoms with Crippen molar-refractivity contribution in [2.24, 2.45) is 0 Å². The summed E-state index contributed by atoms with van der Waals surface area (Å²) in [5.74, 6) is -0.339. The number of benzene rings is 1. The average Bonchev–Trinajstić information content (AvgIpc) is 2.54. The van der Waals surface area contributed by atoms with Crippen LogP contribution in [0.3, 0.4) is 0 Å². The smallest absolute Gasteiger partial charge is 0.323 e. The first kappa shape index (κ1) is 18.9. The third kappa shape index (κ3) is 4.96. The van der Waals surface area contributed by atoms with Crippen molar-refractivity contribution in [1.29, 1.82) is 0 Å². The second-order valence-corrected chi connectivity index (χ2v) is 8.43. The molecule has 0 spiro atoms. The van der Waals surface area contributed by atoms with Gasteiger partial charge in [0.1, 0.15) is 6.04 Å². The third-order valence-electron chi connectivity index (χ3n) is 3.96. The molecule has 0 aliphatic carbocycles. The number of ether oxygens (including phenoxy) is 1. The number of carbonyl (C=O) groups excluding carboxylic acids is 1. The summed E-state index contributed by atoms with van der Waals surface area (Å²) >= 11 is 0.